The summed E-state index contributed by atoms with van der Waals surface area (Å²) in [5.74, 6) is 0.454. The van der Waals surface area contributed by atoms with Gasteiger partial charge in [0.05, 0.1) is 27.5 Å². The lowest BCUT2D eigenvalue weighted by Gasteiger charge is -2.29. The van der Waals surface area contributed by atoms with E-state index >= 15 is 0 Å². The van der Waals surface area contributed by atoms with Crippen LogP contribution in [0.3, 0.4) is 0 Å². The fourth-order valence-electron chi connectivity index (χ4n) is 5.00. The second-order valence-corrected chi connectivity index (χ2v) is 15.4. The van der Waals surface area contributed by atoms with E-state index in [9.17, 15) is 21.6 Å². The molecule has 2 aliphatic rings. The summed E-state index contributed by atoms with van der Waals surface area (Å²) >= 11 is 1.36. The number of hydrogen-bond acceptors (Lipinski definition) is 8. The Kier molecular flexibility index (Phi) is 9.56. The van der Waals surface area contributed by atoms with E-state index in [1.54, 1.807) is 19.1 Å². The smallest absolute Gasteiger partial charge is 0.407 e. The molecule has 13 heteroatoms. The van der Waals surface area contributed by atoms with Crippen LogP contribution in [0.1, 0.15) is 58.1 Å². The van der Waals surface area contributed by atoms with Crippen LogP contribution < -0.4 is 14.9 Å². The quantitative estimate of drug-likeness (QED) is 0.396. The van der Waals surface area contributed by atoms with E-state index in [1.807, 2.05) is 30.9 Å². The minimum Gasteiger partial charge on any atom is -0.447 e. The third-order valence-electron chi connectivity index (χ3n) is 6.99. The lowest BCUT2D eigenvalue weighted by molar-refractivity contribution is 0.109. The Balaban J connectivity index is 1.45. The van der Waals surface area contributed by atoms with Crippen LogP contribution in [0.5, 0.6) is 0 Å². The van der Waals surface area contributed by atoms with Gasteiger partial charge >= 0.3 is 6.09 Å². The summed E-state index contributed by atoms with van der Waals surface area (Å²) in [6, 6.07) is 9.41. The fourth-order valence-corrected chi connectivity index (χ4v) is 8.63. The maximum absolute atomic E-state index is 13.1. The number of sulfone groups is 1. The minimum atomic E-state index is -3.76. The molecule has 1 aromatic carbocycles. The zero-order valence-corrected chi connectivity index (χ0v) is 25.1. The zero-order valence-electron chi connectivity index (χ0n) is 22.6. The Labute approximate surface area is 235 Å². The molecule has 2 fully saturated rings. The molecular formula is C26H38N4O6S3. The standard InChI is InChI=1S/C26H38N4O6S3/c1-4-27-39(34,35)24-17-21(30-13-15-38(32,33)16-14-30)9-11-23(24)37-25-12-10-22(29-25)19-5-7-20(8-6-19)28-26(31)36-18(2)3/h9-12,17-20,27,29H,4-8,13-16H2,1-3H3,(H,28,31)/t19-,20-. The van der Waals surface area contributed by atoms with Crippen molar-refractivity contribution in [2.45, 2.75) is 79.3 Å². The molecule has 1 saturated carbocycles. The van der Waals surface area contributed by atoms with Crippen molar-refractivity contribution >= 4 is 43.4 Å². The molecule has 3 N–H and O–H groups in total. The maximum Gasteiger partial charge on any atom is 0.407 e. The first-order chi connectivity index (χ1) is 18.5. The summed E-state index contributed by atoms with van der Waals surface area (Å²) in [7, 11) is -6.80. The molecule has 10 nitrogen and oxygen atoms in total. The Bertz CT molecular complexity index is 1350. The number of sulfonamides is 1. The monoisotopic (exact) mass is 598 g/mol. The highest BCUT2D eigenvalue weighted by molar-refractivity contribution is 8.00. The maximum atomic E-state index is 13.1. The molecule has 0 spiro atoms. The number of H-pyrrole nitrogens is 1. The van der Waals surface area contributed by atoms with Crippen LogP contribution in [0.25, 0.3) is 0 Å². The Morgan fingerprint density at radius 1 is 1.13 bits per heavy atom. The molecule has 1 saturated heterocycles. The van der Waals surface area contributed by atoms with E-state index in [-0.39, 0.29) is 41.2 Å². The van der Waals surface area contributed by atoms with Gasteiger partial charge in [0.25, 0.3) is 0 Å². The van der Waals surface area contributed by atoms with E-state index in [2.05, 4.69) is 21.1 Å². The van der Waals surface area contributed by atoms with Crippen molar-refractivity contribution in [3.63, 3.8) is 0 Å². The highest BCUT2D eigenvalue weighted by Gasteiger charge is 2.27. The number of carbonyl (C=O) groups is 1. The number of anilines is 1. The van der Waals surface area contributed by atoms with Crippen LogP contribution in [0, 0.1) is 0 Å². The van der Waals surface area contributed by atoms with Gasteiger partial charge in [-0.05, 0) is 75.8 Å². The average Bonchev–Trinajstić information content (AvgIpc) is 3.33. The molecule has 0 atom stereocenters. The molecule has 1 aromatic heterocycles. The molecule has 0 unspecified atom stereocenters. The first-order valence-corrected chi connectivity index (χ1v) is 17.5. The number of carbonyl (C=O) groups excluding carboxylic acids is 1. The number of rotatable bonds is 9. The van der Waals surface area contributed by atoms with E-state index < -0.39 is 19.9 Å². The fraction of sp³-hybridized carbons (Fsp3) is 0.577. The molecule has 1 amide bonds. The number of hydrogen-bond donors (Lipinski definition) is 3. The van der Waals surface area contributed by atoms with Crippen molar-refractivity contribution < 1.29 is 26.4 Å². The predicted molar refractivity (Wildman–Crippen MR) is 153 cm³/mol. The molecule has 0 radical (unpaired) electrons. The Morgan fingerprint density at radius 2 is 1.82 bits per heavy atom. The van der Waals surface area contributed by atoms with Crippen molar-refractivity contribution in [3.8, 4) is 0 Å². The van der Waals surface area contributed by atoms with Crippen molar-refractivity contribution in [1.82, 2.24) is 15.0 Å². The molecule has 2 aromatic rings. The second kappa shape index (κ2) is 12.5. The SMILES string of the molecule is CCNS(=O)(=O)c1cc(N2CCS(=O)(=O)CC2)ccc1Sc1ccc([C@H]2CC[C@H](NC(=O)OC(C)C)CC2)[nH]1. The van der Waals surface area contributed by atoms with Gasteiger partial charge in [-0.3, -0.25) is 0 Å². The number of alkyl carbamates (subject to hydrolysis) is 1. The van der Waals surface area contributed by atoms with Gasteiger partial charge in [-0.1, -0.05) is 18.7 Å². The molecule has 0 bridgehead atoms. The number of ether oxygens (including phenoxy) is 1. The van der Waals surface area contributed by atoms with E-state index in [0.29, 0.717) is 29.6 Å². The lowest BCUT2D eigenvalue weighted by atomic mass is 9.84. The van der Waals surface area contributed by atoms with Gasteiger partial charge in [-0.15, -0.1) is 0 Å². The first kappa shape index (κ1) is 29.8. The highest BCUT2D eigenvalue weighted by Crippen LogP contribution is 2.38. The van der Waals surface area contributed by atoms with Crippen LogP contribution in [0.15, 0.2) is 45.1 Å². The molecule has 4 rings (SSSR count). The molecular weight excluding hydrogens is 561 g/mol. The predicted octanol–water partition coefficient (Wildman–Crippen LogP) is 3.86. The van der Waals surface area contributed by atoms with Crippen LogP contribution in [0.4, 0.5) is 10.5 Å². The minimum absolute atomic E-state index is 0.0596. The van der Waals surface area contributed by atoms with Crippen LogP contribution >= 0.6 is 11.8 Å². The number of amides is 1. The summed E-state index contributed by atoms with van der Waals surface area (Å²) in [5, 5.41) is 3.79. The number of benzene rings is 1. The molecule has 39 heavy (non-hydrogen) atoms. The average molecular weight is 599 g/mol. The number of aromatic amines is 1. The van der Waals surface area contributed by atoms with Gasteiger partial charge in [0.2, 0.25) is 10.0 Å². The lowest BCUT2D eigenvalue weighted by Crippen LogP contribution is -2.40. The Hall–Kier alpha value is -2.22. The van der Waals surface area contributed by atoms with Gasteiger partial charge in [0.15, 0.2) is 9.84 Å². The van der Waals surface area contributed by atoms with Crippen molar-refractivity contribution in [2.24, 2.45) is 0 Å². The second-order valence-electron chi connectivity index (χ2n) is 10.3. The van der Waals surface area contributed by atoms with Gasteiger partial charge in [0, 0.05) is 42.0 Å². The summed E-state index contributed by atoms with van der Waals surface area (Å²) in [6.07, 6.45) is 3.07. The summed E-state index contributed by atoms with van der Waals surface area (Å²) in [6.45, 7) is 6.33. The molecule has 1 aliphatic carbocycles. The largest absolute Gasteiger partial charge is 0.447 e. The van der Waals surface area contributed by atoms with Gasteiger partial charge in [0.1, 0.15) is 0 Å². The number of nitrogens with zero attached hydrogens (tertiary/aromatic N) is 1. The topological polar surface area (TPSA) is 138 Å². The summed E-state index contributed by atoms with van der Waals surface area (Å²) in [5.41, 5.74) is 1.79. The van der Waals surface area contributed by atoms with Crippen LogP contribution in [0.2, 0.25) is 0 Å². The van der Waals surface area contributed by atoms with Gasteiger partial charge in [-0.25, -0.2) is 26.4 Å². The first-order valence-electron chi connectivity index (χ1n) is 13.4. The summed E-state index contributed by atoms with van der Waals surface area (Å²) < 4.78 is 57.7. The third kappa shape index (κ3) is 7.92. The molecule has 1 aliphatic heterocycles. The summed E-state index contributed by atoms with van der Waals surface area (Å²) in [4.78, 5) is 18.1. The van der Waals surface area contributed by atoms with E-state index in [1.165, 1.54) is 11.8 Å². The van der Waals surface area contributed by atoms with Gasteiger partial charge < -0.3 is 19.9 Å². The van der Waals surface area contributed by atoms with E-state index in [4.69, 9.17) is 4.74 Å². The van der Waals surface area contributed by atoms with E-state index in [0.717, 1.165) is 36.4 Å². The van der Waals surface area contributed by atoms with Crippen LogP contribution in [-0.2, 0) is 24.6 Å². The number of nitrogens with one attached hydrogen (secondary N) is 3. The van der Waals surface area contributed by atoms with Crippen LogP contribution in [-0.4, -0.2) is 71.2 Å². The Morgan fingerprint density at radius 3 is 2.46 bits per heavy atom. The van der Waals surface area contributed by atoms with Crippen molar-refractivity contribution in [3.05, 3.63) is 36.0 Å². The highest BCUT2D eigenvalue weighted by atomic mass is 32.2. The van der Waals surface area contributed by atoms with Gasteiger partial charge in [-0.2, -0.15) is 0 Å². The number of aromatic nitrogens is 1. The zero-order chi connectivity index (χ0) is 28.2. The molecule has 2 heterocycles. The van der Waals surface area contributed by atoms with Crippen molar-refractivity contribution in [2.75, 3.05) is 36.0 Å². The van der Waals surface area contributed by atoms with Crippen molar-refractivity contribution in [1.29, 1.82) is 0 Å². The molecule has 216 valence electrons. The third-order valence-corrected chi connectivity index (χ3v) is 11.4. The normalized spacial score (nSPS) is 21.6.